The number of aromatic nitrogens is 1. The summed E-state index contributed by atoms with van der Waals surface area (Å²) in [4.78, 5) is 7.33. The molecule has 2 atom stereocenters. The largest absolute Gasteiger partial charge is 0.393 e. The number of rotatable bonds is 3. The second kappa shape index (κ2) is 5.89. The van der Waals surface area contributed by atoms with E-state index in [0.717, 1.165) is 10.6 Å². The average Bonchev–Trinajstić information content (AvgIpc) is 2.79. The van der Waals surface area contributed by atoms with Crippen LogP contribution in [0, 0.1) is 12.8 Å². The molecule has 114 valence electrons. The first-order valence-electron chi connectivity index (χ1n) is 6.79. The summed E-state index contributed by atoms with van der Waals surface area (Å²) in [5, 5.41) is 3.86. The van der Waals surface area contributed by atoms with Crippen LogP contribution >= 0.6 is 11.3 Å². The van der Waals surface area contributed by atoms with Crippen molar-refractivity contribution >= 4 is 16.5 Å². The Bertz CT molecular complexity index is 458. The second-order valence-corrected chi connectivity index (χ2v) is 6.29. The lowest BCUT2D eigenvalue weighted by Crippen LogP contribution is -2.41. The van der Waals surface area contributed by atoms with E-state index in [2.05, 4.69) is 10.3 Å². The second-order valence-electron chi connectivity index (χ2n) is 5.28. The summed E-state index contributed by atoms with van der Waals surface area (Å²) in [5.74, 6) is -1.23. The third kappa shape index (κ3) is 3.25. The number of hydrogen-bond donors (Lipinski definition) is 1. The van der Waals surface area contributed by atoms with E-state index in [1.165, 1.54) is 11.3 Å². The number of nitrogens with one attached hydrogen (secondary N) is 1. The van der Waals surface area contributed by atoms with Gasteiger partial charge in [0.05, 0.1) is 11.6 Å². The van der Waals surface area contributed by atoms with Gasteiger partial charge >= 0.3 is 6.18 Å². The summed E-state index contributed by atoms with van der Waals surface area (Å²) in [6.07, 6.45) is -3.31. The van der Waals surface area contributed by atoms with Crippen molar-refractivity contribution < 1.29 is 13.2 Å². The monoisotopic (exact) mass is 307 g/mol. The number of nitrogens with zero attached hydrogens (tertiary/aromatic N) is 2. The number of anilines is 1. The van der Waals surface area contributed by atoms with E-state index in [0.29, 0.717) is 18.1 Å². The third-order valence-corrected chi connectivity index (χ3v) is 5.20. The molecule has 0 aromatic carbocycles. The summed E-state index contributed by atoms with van der Waals surface area (Å²) >= 11 is 1.50. The van der Waals surface area contributed by atoms with Crippen LogP contribution in [0.4, 0.5) is 18.3 Å². The highest BCUT2D eigenvalue weighted by molar-refractivity contribution is 7.15. The average molecular weight is 307 g/mol. The van der Waals surface area contributed by atoms with Gasteiger partial charge in [-0.15, -0.1) is 11.3 Å². The molecule has 1 fully saturated rings. The number of hydrogen-bond acceptors (Lipinski definition) is 4. The molecular weight excluding hydrogens is 287 g/mol. The minimum atomic E-state index is -4.11. The Morgan fingerprint density at radius 3 is 2.75 bits per heavy atom. The van der Waals surface area contributed by atoms with Gasteiger partial charge in [-0.3, -0.25) is 0 Å². The number of alkyl halides is 3. The molecule has 1 saturated heterocycles. The molecule has 3 nitrogen and oxygen atoms in total. The lowest BCUT2D eigenvalue weighted by molar-refractivity contribution is -0.175. The molecule has 1 aromatic heterocycles. The topological polar surface area (TPSA) is 28.2 Å². The predicted molar refractivity (Wildman–Crippen MR) is 75.3 cm³/mol. The Kier molecular flexibility index (Phi) is 4.59. The molecule has 0 amide bonds. The predicted octanol–water partition coefficient (Wildman–Crippen LogP) is 3.51. The zero-order chi connectivity index (χ0) is 14.9. The maximum Gasteiger partial charge on any atom is 0.393 e. The zero-order valence-electron chi connectivity index (χ0n) is 11.9. The van der Waals surface area contributed by atoms with Crippen LogP contribution in [0.2, 0.25) is 0 Å². The van der Waals surface area contributed by atoms with Crippen molar-refractivity contribution in [2.75, 3.05) is 25.0 Å². The quantitative estimate of drug-likeness (QED) is 0.926. The molecule has 2 heterocycles. The van der Waals surface area contributed by atoms with Gasteiger partial charge < -0.3 is 10.2 Å². The highest BCUT2D eigenvalue weighted by Gasteiger charge is 2.42. The first-order chi connectivity index (χ1) is 9.32. The van der Waals surface area contributed by atoms with Gasteiger partial charge in [0.25, 0.3) is 0 Å². The van der Waals surface area contributed by atoms with E-state index < -0.39 is 12.1 Å². The molecule has 0 bridgehead atoms. The lowest BCUT2D eigenvalue weighted by atomic mass is 9.98. The Balaban J connectivity index is 2.15. The summed E-state index contributed by atoms with van der Waals surface area (Å²) in [6.45, 7) is 4.63. The van der Waals surface area contributed by atoms with Crippen molar-refractivity contribution in [3.8, 4) is 0 Å². The Morgan fingerprint density at radius 1 is 1.45 bits per heavy atom. The summed E-state index contributed by atoms with van der Waals surface area (Å²) in [5.41, 5.74) is 0.904. The molecule has 0 saturated carbocycles. The minimum Gasteiger partial charge on any atom is -0.347 e. The van der Waals surface area contributed by atoms with E-state index in [-0.39, 0.29) is 19.0 Å². The highest BCUT2D eigenvalue weighted by atomic mass is 32.1. The van der Waals surface area contributed by atoms with Crippen molar-refractivity contribution in [1.29, 1.82) is 0 Å². The van der Waals surface area contributed by atoms with Crippen LogP contribution in [0.5, 0.6) is 0 Å². The molecule has 0 spiro atoms. The number of aryl methyl sites for hydroxylation is 1. The van der Waals surface area contributed by atoms with Crippen LogP contribution in [0.1, 0.15) is 36.4 Å². The number of thiazole rings is 1. The standard InChI is InChI=1S/C13H20F3N3S/c1-8(17-3)11-9(2)18-12(20-11)19-6-4-5-10(7-19)13(14,15)16/h8,10,17H,4-7H2,1-3H3. The van der Waals surface area contributed by atoms with Gasteiger partial charge in [-0.25, -0.2) is 4.98 Å². The molecule has 2 rings (SSSR count). The van der Waals surface area contributed by atoms with Gasteiger partial charge in [-0.2, -0.15) is 13.2 Å². The van der Waals surface area contributed by atoms with Crippen molar-refractivity contribution in [1.82, 2.24) is 10.3 Å². The van der Waals surface area contributed by atoms with E-state index in [1.807, 2.05) is 20.9 Å². The van der Waals surface area contributed by atoms with E-state index in [4.69, 9.17) is 0 Å². The normalized spacial score (nSPS) is 22.1. The molecule has 1 aliphatic heterocycles. The number of halogens is 3. The van der Waals surface area contributed by atoms with Gasteiger partial charge in [-0.05, 0) is 33.7 Å². The first-order valence-corrected chi connectivity index (χ1v) is 7.60. The Morgan fingerprint density at radius 2 is 2.15 bits per heavy atom. The van der Waals surface area contributed by atoms with Crippen LogP contribution in [0.15, 0.2) is 0 Å². The van der Waals surface area contributed by atoms with Gasteiger partial charge in [0, 0.05) is 24.0 Å². The molecule has 2 unspecified atom stereocenters. The molecule has 0 aliphatic carbocycles. The van der Waals surface area contributed by atoms with Gasteiger partial charge in [-0.1, -0.05) is 0 Å². The van der Waals surface area contributed by atoms with Crippen molar-refractivity contribution in [3.63, 3.8) is 0 Å². The van der Waals surface area contributed by atoms with Crippen LogP contribution in [-0.2, 0) is 0 Å². The van der Waals surface area contributed by atoms with E-state index in [1.54, 1.807) is 4.90 Å². The van der Waals surface area contributed by atoms with Crippen molar-refractivity contribution in [2.45, 2.75) is 38.9 Å². The zero-order valence-corrected chi connectivity index (χ0v) is 12.7. The summed E-state index contributed by atoms with van der Waals surface area (Å²) in [7, 11) is 1.87. The summed E-state index contributed by atoms with van der Waals surface area (Å²) in [6, 6.07) is 0.171. The fraction of sp³-hybridized carbons (Fsp3) is 0.769. The molecule has 7 heteroatoms. The first kappa shape index (κ1) is 15.6. The smallest absolute Gasteiger partial charge is 0.347 e. The molecular formula is C13H20F3N3S. The molecule has 1 N–H and O–H groups in total. The van der Waals surface area contributed by atoms with Gasteiger partial charge in [0.1, 0.15) is 0 Å². The van der Waals surface area contributed by atoms with Gasteiger partial charge in [0.2, 0.25) is 0 Å². The Hall–Kier alpha value is -0.820. The fourth-order valence-electron chi connectivity index (χ4n) is 2.48. The minimum absolute atomic E-state index is 0.0316. The summed E-state index contributed by atoms with van der Waals surface area (Å²) < 4.78 is 38.5. The Labute approximate surface area is 121 Å². The molecule has 1 aliphatic rings. The van der Waals surface area contributed by atoms with Crippen LogP contribution < -0.4 is 10.2 Å². The maximum absolute atomic E-state index is 12.8. The van der Waals surface area contributed by atoms with E-state index in [9.17, 15) is 13.2 Å². The van der Waals surface area contributed by atoms with Crippen LogP contribution in [0.25, 0.3) is 0 Å². The highest BCUT2D eigenvalue weighted by Crippen LogP contribution is 2.37. The number of piperidine rings is 1. The fourth-order valence-corrected chi connectivity index (χ4v) is 3.64. The molecule has 0 radical (unpaired) electrons. The van der Waals surface area contributed by atoms with Crippen molar-refractivity contribution in [2.24, 2.45) is 5.92 Å². The third-order valence-electron chi connectivity index (χ3n) is 3.80. The van der Waals surface area contributed by atoms with Crippen molar-refractivity contribution in [3.05, 3.63) is 10.6 Å². The SMILES string of the molecule is CNC(C)c1sc(N2CCCC(C(F)(F)F)C2)nc1C. The van der Waals surface area contributed by atoms with Gasteiger partial charge in [0.15, 0.2) is 5.13 Å². The van der Waals surface area contributed by atoms with Crippen LogP contribution in [-0.4, -0.2) is 31.3 Å². The maximum atomic E-state index is 12.8. The molecule has 1 aromatic rings. The molecule has 20 heavy (non-hydrogen) atoms. The van der Waals surface area contributed by atoms with E-state index >= 15 is 0 Å². The van der Waals surface area contributed by atoms with Crippen LogP contribution in [0.3, 0.4) is 0 Å². The lowest BCUT2D eigenvalue weighted by Gasteiger charge is -2.33.